The van der Waals surface area contributed by atoms with Crippen LogP contribution in [0.1, 0.15) is 30.9 Å². The van der Waals surface area contributed by atoms with Gasteiger partial charge in [0.1, 0.15) is 22.6 Å². The number of nitriles is 1. The Kier molecular flexibility index (Phi) is 4.74. The van der Waals surface area contributed by atoms with E-state index >= 15 is 0 Å². The summed E-state index contributed by atoms with van der Waals surface area (Å²) in [6, 6.07) is 1.99. The van der Waals surface area contributed by atoms with Gasteiger partial charge in [-0.15, -0.1) is 0 Å². The third-order valence-corrected chi connectivity index (χ3v) is 4.41. The molecule has 1 saturated heterocycles. The van der Waals surface area contributed by atoms with Crippen molar-refractivity contribution in [2.45, 2.75) is 31.8 Å². The zero-order valence-electron chi connectivity index (χ0n) is 12.6. The molecule has 1 aliphatic heterocycles. The maximum atomic E-state index is 11.3. The fourth-order valence-corrected chi connectivity index (χ4v) is 2.95. The van der Waals surface area contributed by atoms with Crippen molar-refractivity contribution in [2.75, 3.05) is 18.0 Å². The molecule has 1 aromatic rings. The highest BCUT2D eigenvalue weighted by Crippen LogP contribution is 2.38. The second-order valence-electron chi connectivity index (χ2n) is 5.39. The van der Waals surface area contributed by atoms with Crippen LogP contribution in [0.3, 0.4) is 0 Å². The number of carbonyl (C=O) groups is 1. The number of nitrogens with zero attached hydrogens (tertiary/aromatic N) is 4. The highest BCUT2D eigenvalue weighted by molar-refractivity contribution is 6.31. The van der Waals surface area contributed by atoms with Gasteiger partial charge in [0.15, 0.2) is 0 Å². The summed E-state index contributed by atoms with van der Waals surface area (Å²) in [5.74, 6) is -0.366. The summed E-state index contributed by atoms with van der Waals surface area (Å²) >= 11 is 6.08. The lowest BCUT2D eigenvalue weighted by molar-refractivity contribution is -0.138. The van der Waals surface area contributed by atoms with Crippen LogP contribution in [0, 0.1) is 17.9 Å². The Bertz CT molecular complexity index is 727. The Hall–Kier alpha value is -2.35. The van der Waals surface area contributed by atoms with Crippen molar-refractivity contribution in [1.82, 2.24) is 4.98 Å². The van der Waals surface area contributed by atoms with Gasteiger partial charge in [-0.25, -0.2) is 9.83 Å². The number of nitrogens with two attached hydrogens (primary N) is 1. The lowest BCUT2D eigenvalue weighted by Gasteiger charge is -2.37. The lowest BCUT2D eigenvalue weighted by atomic mass is 9.90. The van der Waals surface area contributed by atoms with Crippen molar-refractivity contribution in [3.05, 3.63) is 27.7 Å². The smallest absolute Gasteiger partial charge is 0.249 e. The number of hydrogen-bond donors (Lipinski definition) is 2. The molecule has 8 heteroatoms. The van der Waals surface area contributed by atoms with E-state index in [1.807, 2.05) is 13.0 Å². The number of aliphatic hydroxyl groups is 1. The van der Waals surface area contributed by atoms with Gasteiger partial charge in [-0.3, -0.25) is 4.79 Å². The minimum atomic E-state index is -1.53. The Labute approximate surface area is 139 Å². The first kappa shape index (κ1) is 17.0. The quantitative estimate of drug-likeness (QED) is 0.644. The summed E-state index contributed by atoms with van der Waals surface area (Å²) in [5, 5.41) is 19.4. The number of pyridine rings is 1. The molecular weight excluding hydrogens is 318 g/mol. The Morgan fingerprint density at radius 3 is 2.65 bits per heavy atom. The number of halogens is 1. The molecule has 0 unspecified atom stereocenters. The zero-order chi connectivity index (χ0) is 17.2. The predicted octanol–water partition coefficient (Wildman–Crippen LogP) is 1.54. The topological polar surface area (TPSA) is 108 Å². The number of aromatic nitrogens is 1. The molecule has 1 fully saturated rings. The number of hydrogen-bond acceptors (Lipinski definition) is 5. The fraction of sp³-hybridized carbons (Fsp3) is 0.467. The molecule has 0 bridgehead atoms. The number of anilines is 1. The number of carbonyl (C=O) groups excluding carboxylic acids is 1. The average Bonchev–Trinajstić information content (AvgIpc) is 2.54. The minimum Gasteiger partial charge on any atom is -0.380 e. The standard InChI is InChI=1S/C15H16ClN5O2/c1-3-9-10(8-17)12(16)20-13(11(9)19-2)21-6-4-15(23,5-7-21)14(18)22/h23H,3-7H2,1H3,(H2,18,22). The second-order valence-corrected chi connectivity index (χ2v) is 5.75. The molecule has 3 N–H and O–H groups in total. The Morgan fingerprint density at radius 1 is 1.61 bits per heavy atom. The molecule has 7 nitrogen and oxygen atoms in total. The molecule has 0 spiro atoms. The summed E-state index contributed by atoms with van der Waals surface area (Å²) in [7, 11) is 0. The molecule has 23 heavy (non-hydrogen) atoms. The van der Waals surface area contributed by atoms with E-state index < -0.39 is 11.5 Å². The van der Waals surface area contributed by atoms with E-state index in [2.05, 4.69) is 9.83 Å². The van der Waals surface area contributed by atoms with Crippen molar-refractivity contribution in [3.8, 4) is 6.07 Å². The highest BCUT2D eigenvalue weighted by Gasteiger charge is 2.38. The van der Waals surface area contributed by atoms with Gasteiger partial charge >= 0.3 is 0 Å². The summed E-state index contributed by atoms with van der Waals surface area (Å²) in [4.78, 5) is 20.8. The van der Waals surface area contributed by atoms with Crippen molar-refractivity contribution < 1.29 is 9.90 Å². The molecule has 2 heterocycles. The maximum absolute atomic E-state index is 11.3. The molecular formula is C15H16ClN5O2. The first-order chi connectivity index (χ1) is 10.9. The molecule has 1 aromatic heterocycles. The van der Waals surface area contributed by atoms with Crippen LogP contribution >= 0.6 is 11.6 Å². The number of primary amides is 1. The summed E-state index contributed by atoms with van der Waals surface area (Å²) < 4.78 is 0. The van der Waals surface area contributed by atoms with E-state index in [-0.39, 0.29) is 29.2 Å². The van der Waals surface area contributed by atoms with Crippen molar-refractivity contribution >= 4 is 29.0 Å². The molecule has 1 aliphatic rings. The first-order valence-corrected chi connectivity index (χ1v) is 7.53. The molecule has 2 rings (SSSR count). The van der Waals surface area contributed by atoms with Crippen LogP contribution in [-0.2, 0) is 11.2 Å². The van der Waals surface area contributed by atoms with E-state index in [4.69, 9.17) is 23.9 Å². The Morgan fingerprint density at radius 2 is 2.22 bits per heavy atom. The summed E-state index contributed by atoms with van der Waals surface area (Å²) in [5.41, 5.74) is 4.76. The molecule has 0 saturated carbocycles. The fourth-order valence-electron chi connectivity index (χ4n) is 2.71. The van der Waals surface area contributed by atoms with Crippen LogP contribution in [0.15, 0.2) is 0 Å². The van der Waals surface area contributed by atoms with Gasteiger partial charge in [0.25, 0.3) is 0 Å². The summed E-state index contributed by atoms with van der Waals surface area (Å²) in [6.45, 7) is 9.90. The number of amides is 1. The molecule has 120 valence electrons. The second kappa shape index (κ2) is 6.41. The molecule has 0 radical (unpaired) electrons. The van der Waals surface area contributed by atoms with Crippen LogP contribution in [0.4, 0.5) is 11.5 Å². The van der Waals surface area contributed by atoms with Crippen LogP contribution in [-0.4, -0.2) is 34.7 Å². The van der Waals surface area contributed by atoms with Gasteiger partial charge in [0.05, 0.1) is 12.1 Å². The lowest BCUT2D eigenvalue weighted by Crippen LogP contribution is -2.52. The SMILES string of the molecule is [C-]#[N+]c1c(N2CCC(O)(C(N)=O)CC2)nc(Cl)c(C#N)c1CC. The van der Waals surface area contributed by atoms with E-state index in [9.17, 15) is 15.2 Å². The first-order valence-electron chi connectivity index (χ1n) is 7.15. The predicted molar refractivity (Wildman–Crippen MR) is 85.2 cm³/mol. The van der Waals surface area contributed by atoms with Gasteiger partial charge in [-0.2, -0.15) is 5.26 Å². The van der Waals surface area contributed by atoms with Crippen molar-refractivity contribution in [2.24, 2.45) is 5.73 Å². The maximum Gasteiger partial charge on any atom is 0.249 e. The third kappa shape index (κ3) is 2.94. The zero-order valence-corrected chi connectivity index (χ0v) is 13.4. The largest absolute Gasteiger partial charge is 0.380 e. The van der Waals surface area contributed by atoms with Crippen LogP contribution in [0.2, 0.25) is 5.15 Å². The van der Waals surface area contributed by atoms with Gasteiger partial charge in [-0.05, 0) is 12.0 Å². The van der Waals surface area contributed by atoms with Crippen molar-refractivity contribution in [3.63, 3.8) is 0 Å². The molecule has 0 aliphatic carbocycles. The van der Waals surface area contributed by atoms with E-state index in [0.717, 1.165) is 0 Å². The van der Waals surface area contributed by atoms with E-state index in [1.54, 1.807) is 4.90 Å². The van der Waals surface area contributed by atoms with Crippen molar-refractivity contribution in [1.29, 1.82) is 5.26 Å². The monoisotopic (exact) mass is 333 g/mol. The van der Waals surface area contributed by atoms with Gasteiger partial charge in [-0.1, -0.05) is 18.5 Å². The van der Waals surface area contributed by atoms with Crippen LogP contribution < -0.4 is 10.6 Å². The Balaban J connectivity index is 2.43. The number of piperidine rings is 1. The highest BCUT2D eigenvalue weighted by atomic mass is 35.5. The number of rotatable bonds is 3. The van der Waals surface area contributed by atoms with Gasteiger partial charge < -0.3 is 15.7 Å². The molecule has 1 amide bonds. The molecule has 0 aromatic carbocycles. The average molecular weight is 334 g/mol. The van der Waals surface area contributed by atoms with Gasteiger partial charge in [0.2, 0.25) is 11.6 Å². The normalized spacial score (nSPS) is 16.5. The van der Waals surface area contributed by atoms with Crippen LogP contribution in [0.5, 0.6) is 0 Å². The van der Waals surface area contributed by atoms with E-state index in [1.165, 1.54) is 0 Å². The molecule has 0 atom stereocenters. The van der Waals surface area contributed by atoms with Gasteiger partial charge in [0, 0.05) is 25.9 Å². The van der Waals surface area contributed by atoms with Crippen LogP contribution in [0.25, 0.3) is 4.85 Å². The third-order valence-electron chi connectivity index (χ3n) is 4.14. The summed E-state index contributed by atoms with van der Waals surface area (Å²) in [6.07, 6.45) is 0.788. The minimum absolute atomic E-state index is 0.0579. The van der Waals surface area contributed by atoms with E-state index in [0.29, 0.717) is 30.9 Å².